The van der Waals surface area contributed by atoms with Crippen molar-refractivity contribution in [1.82, 2.24) is 5.43 Å². The van der Waals surface area contributed by atoms with Gasteiger partial charge in [0.15, 0.2) is 0 Å². The highest BCUT2D eigenvalue weighted by Crippen LogP contribution is 2.32. The Kier molecular flexibility index (Phi) is 7.39. The molecule has 0 aliphatic heterocycles. The summed E-state index contributed by atoms with van der Waals surface area (Å²) in [5, 5.41) is 4.05. The third-order valence-electron chi connectivity index (χ3n) is 4.20. The number of nitrogens with one attached hydrogen (secondary N) is 1. The fourth-order valence-corrected chi connectivity index (χ4v) is 4.05. The van der Waals surface area contributed by atoms with Gasteiger partial charge < -0.3 is 4.18 Å². The zero-order valence-electron chi connectivity index (χ0n) is 16.7. The molecule has 0 bridgehead atoms. The molecule has 0 fully saturated rings. The minimum Gasteiger partial charge on any atom is -0.379 e. The maximum absolute atomic E-state index is 13.2. The predicted molar refractivity (Wildman–Crippen MR) is 117 cm³/mol. The average Bonchev–Trinajstić information content (AvgIpc) is 2.73. The number of alkyl halides is 3. The summed E-state index contributed by atoms with van der Waals surface area (Å²) in [5.41, 5.74) is 1.24. The van der Waals surface area contributed by atoms with Gasteiger partial charge in [-0.25, -0.2) is 5.43 Å². The van der Waals surface area contributed by atoms with Crippen LogP contribution in [-0.2, 0) is 27.5 Å². The molecule has 0 radical (unpaired) electrons. The number of hydrogen-bond acceptors (Lipinski definition) is 5. The first-order valence-corrected chi connectivity index (χ1v) is 11.1. The highest BCUT2D eigenvalue weighted by molar-refractivity contribution is 7.87. The van der Waals surface area contributed by atoms with E-state index in [1.54, 1.807) is 30.3 Å². The van der Waals surface area contributed by atoms with Gasteiger partial charge in [-0.3, -0.25) is 4.79 Å². The van der Waals surface area contributed by atoms with E-state index in [0.717, 1.165) is 12.3 Å². The van der Waals surface area contributed by atoms with E-state index in [-0.39, 0.29) is 12.2 Å². The van der Waals surface area contributed by atoms with E-state index in [1.165, 1.54) is 24.3 Å². The van der Waals surface area contributed by atoms with Crippen molar-refractivity contribution < 1.29 is 30.6 Å². The summed E-state index contributed by atoms with van der Waals surface area (Å²) in [6, 6.07) is 16.0. The molecule has 3 aromatic carbocycles. The van der Waals surface area contributed by atoms with Crippen molar-refractivity contribution in [1.29, 1.82) is 0 Å². The molecule has 0 saturated heterocycles. The standard InChI is InChI=1S/C22H16ClF3N2O4S/c23-18-6-4-5-15(11-18)12-21(29)28-27-14-16-13-17(22(24,25)26)9-10-20(16)33(30,31)32-19-7-2-1-3-8-19/h1-11,13-14H,12H2,(H,28,29). The summed E-state index contributed by atoms with van der Waals surface area (Å²) >= 11 is 5.86. The van der Waals surface area contributed by atoms with Crippen LogP contribution in [0.2, 0.25) is 5.02 Å². The summed E-state index contributed by atoms with van der Waals surface area (Å²) in [6.45, 7) is 0. The Morgan fingerprint density at radius 1 is 1.03 bits per heavy atom. The van der Waals surface area contributed by atoms with Crippen molar-refractivity contribution in [3.8, 4) is 5.75 Å². The van der Waals surface area contributed by atoms with Gasteiger partial charge in [0.05, 0.1) is 18.2 Å². The molecule has 3 aromatic rings. The minimum atomic E-state index is -4.72. The molecule has 33 heavy (non-hydrogen) atoms. The molecule has 0 atom stereocenters. The van der Waals surface area contributed by atoms with Crippen LogP contribution in [0.1, 0.15) is 16.7 Å². The Balaban J connectivity index is 1.86. The van der Waals surface area contributed by atoms with E-state index in [0.29, 0.717) is 22.7 Å². The van der Waals surface area contributed by atoms with E-state index < -0.39 is 38.2 Å². The quantitative estimate of drug-likeness (QED) is 0.289. The summed E-state index contributed by atoms with van der Waals surface area (Å²) in [6.07, 6.45) is -4.00. The number of nitrogens with zero attached hydrogens (tertiary/aromatic N) is 1. The topological polar surface area (TPSA) is 84.8 Å². The summed E-state index contributed by atoms with van der Waals surface area (Å²) in [7, 11) is -4.50. The van der Waals surface area contributed by atoms with Crippen molar-refractivity contribution in [2.75, 3.05) is 0 Å². The number of para-hydroxylation sites is 1. The van der Waals surface area contributed by atoms with Crippen LogP contribution in [0.3, 0.4) is 0 Å². The number of benzene rings is 3. The van der Waals surface area contributed by atoms with Crippen molar-refractivity contribution in [3.63, 3.8) is 0 Å². The second-order valence-corrected chi connectivity index (χ2v) is 8.65. The molecule has 11 heteroatoms. The molecule has 3 rings (SSSR count). The highest BCUT2D eigenvalue weighted by atomic mass is 35.5. The van der Waals surface area contributed by atoms with Crippen molar-refractivity contribution in [3.05, 3.63) is 94.5 Å². The molecule has 0 aliphatic carbocycles. The summed E-state index contributed by atoms with van der Waals surface area (Å²) in [4.78, 5) is 11.5. The third-order valence-corrected chi connectivity index (χ3v) is 5.76. The molecule has 0 aliphatic rings. The maximum atomic E-state index is 13.2. The van der Waals surface area contributed by atoms with Crippen molar-refractivity contribution in [2.45, 2.75) is 17.5 Å². The molecular weight excluding hydrogens is 481 g/mol. The lowest BCUT2D eigenvalue weighted by Gasteiger charge is -2.12. The van der Waals surface area contributed by atoms with Gasteiger partial charge >= 0.3 is 16.3 Å². The van der Waals surface area contributed by atoms with Gasteiger partial charge in [0.1, 0.15) is 10.6 Å². The number of hydrogen-bond donors (Lipinski definition) is 1. The van der Waals surface area contributed by atoms with Gasteiger partial charge in [-0.15, -0.1) is 0 Å². The molecule has 0 saturated carbocycles. The number of amides is 1. The molecule has 0 heterocycles. The second-order valence-electron chi connectivity index (χ2n) is 6.70. The average molecular weight is 497 g/mol. The summed E-state index contributed by atoms with van der Waals surface area (Å²) < 4.78 is 69.9. The van der Waals surface area contributed by atoms with E-state index >= 15 is 0 Å². The largest absolute Gasteiger partial charge is 0.416 e. The maximum Gasteiger partial charge on any atom is 0.416 e. The first kappa shape index (κ1) is 24.3. The normalized spacial score (nSPS) is 12.0. The smallest absolute Gasteiger partial charge is 0.379 e. The molecule has 1 N–H and O–H groups in total. The molecule has 0 spiro atoms. The number of carbonyl (C=O) groups is 1. The van der Waals surface area contributed by atoms with E-state index in [9.17, 15) is 26.4 Å². The van der Waals surface area contributed by atoms with Crippen LogP contribution in [0, 0.1) is 0 Å². The van der Waals surface area contributed by atoms with Gasteiger partial charge in [0.25, 0.3) is 0 Å². The van der Waals surface area contributed by atoms with Crippen LogP contribution in [0.5, 0.6) is 5.75 Å². The van der Waals surface area contributed by atoms with E-state index in [2.05, 4.69) is 10.5 Å². The van der Waals surface area contributed by atoms with E-state index in [4.69, 9.17) is 15.8 Å². The molecule has 0 unspecified atom stereocenters. The fraction of sp³-hybridized carbons (Fsp3) is 0.0909. The Morgan fingerprint density at radius 2 is 1.76 bits per heavy atom. The van der Waals surface area contributed by atoms with Gasteiger partial charge in [-0.2, -0.15) is 26.7 Å². The number of rotatable bonds is 7. The van der Waals surface area contributed by atoms with Crippen molar-refractivity contribution in [2.24, 2.45) is 5.10 Å². The van der Waals surface area contributed by atoms with Gasteiger partial charge in [0.2, 0.25) is 5.91 Å². The van der Waals surface area contributed by atoms with E-state index in [1.807, 2.05) is 0 Å². The SMILES string of the molecule is O=C(Cc1cccc(Cl)c1)NN=Cc1cc(C(F)(F)F)ccc1S(=O)(=O)Oc1ccccc1. The van der Waals surface area contributed by atoms with Crippen LogP contribution >= 0.6 is 11.6 Å². The Hall–Kier alpha value is -3.37. The molecule has 172 valence electrons. The first-order valence-electron chi connectivity index (χ1n) is 9.32. The Labute approximate surface area is 192 Å². The number of carbonyl (C=O) groups excluding carboxylic acids is 1. The lowest BCUT2D eigenvalue weighted by Crippen LogP contribution is -2.20. The lowest BCUT2D eigenvalue weighted by atomic mass is 10.1. The number of halogens is 4. The van der Waals surface area contributed by atoms with Gasteiger partial charge in [0, 0.05) is 10.6 Å². The molecular formula is C22H16ClF3N2O4S. The van der Waals surface area contributed by atoms with Crippen LogP contribution in [0.25, 0.3) is 0 Å². The van der Waals surface area contributed by atoms with Crippen LogP contribution in [0.4, 0.5) is 13.2 Å². The van der Waals surface area contributed by atoms with Crippen LogP contribution in [-0.4, -0.2) is 20.5 Å². The zero-order chi connectivity index (χ0) is 24.1. The monoisotopic (exact) mass is 496 g/mol. The Bertz CT molecular complexity index is 1280. The van der Waals surface area contributed by atoms with Crippen LogP contribution < -0.4 is 9.61 Å². The molecule has 1 amide bonds. The molecule has 6 nitrogen and oxygen atoms in total. The fourth-order valence-electron chi connectivity index (χ4n) is 2.75. The molecule has 0 aromatic heterocycles. The minimum absolute atomic E-state index is 0.0184. The second kappa shape index (κ2) is 10.1. The highest BCUT2D eigenvalue weighted by Gasteiger charge is 2.32. The first-order chi connectivity index (χ1) is 15.5. The Morgan fingerprint density at radius 3 is 2.42 bits per heavy atom. The van der Waals surface area contributed by atoms with Gasteiger partial charge in [-0.1, -0.05) is 41.9 Å². The van der Waals surface area contributed by atoms with Gasteiger partial charge in [-0.05, 0) is 48.0 Å². The van der Waals surface area contributed by atoms with Crippen LogP contribution in [0.15, 0.2) is 82.8 Å². The third kappa shape index (κ3) is 6.80. The lowest BCUT2D eigenvalue weighted by molar-refractivity contribution is -0.137. The predicted octanol–water partition coefficient (Wildman–Crippen LogP) is 4.82. The number of hydrazone groups is 1. The zero-order valence-corrected chi connectivity index (χ0v) is 18.3. The van der Waals surface area contributed by atoms with Crippen molar-refractivity contribution >= 4 is 33.8 Å². The summed E-state index contributed by atoms with van der Waals surface area (Å²) in [5.74, 6) is -0.597.